The molecule has 0 atom stereocenters. The molecular formula is C16H22N2O5S. The minimum Gasteiger partial charge on any atom is -0.456 e. The molecule has 0 radical (unpaired) electrons. The summed E-state index contributed by atoms with van der Waals surface area (Å²) in [6.07, 6.45) is 2.09. The molecule has 2 N–H and O–H groups in total. The Kier molecular flexibility index (Phi) is 8.74. The number of sulfonamides is 1. The molecule has 8 heteroatoms. The lowest BCUT2D eigenvalue weighted by molar-refractivity contribution is -0.148. The Balaban J connectivity index is 2.29. The molecule has 1 amide bonds. The third-order valence-electron chi connectivity index (χ3n) is 2.81. The minimum absolute atomic E-state index is 0.100. The summed E-state index contributed by atoms with van der Waals surface area (Å²) in [7, 11) is -3.64. The van der Waals surface area contributed by atoms with E-state index in [4.69, 9.17) is 4.74 Å². The summed E-state index contributed by atoms with van der Waals surface area (Å²) < 4.78 is 30.5. The van der Waals surface area contributed by atoms with E-state index < -0.39 is 16.0 Å². The molecule has 0 aliphatic rings. The quantitative estimate of drug-likeness (QED) is 0.611. The zero-order chi connectivity index (χ0) is 17.8. The van der Waals surface area contributed by atoms with Crippen LogP contribution in [-0.4, -0.2) is 40.0 Å². The standard InChI is InChI=1S/C16H22N2O5S/c1-2-10-17-15(19)13-23-16(20)8-11-18-24(21,22)12-9-14-6-4-3-5-7-14/h3-7,9,12,18H,2,8,10-11,13H2,1H3,(H,17,19)/b12-9+. The predicted molar refractivity (Wildman–Crippen MR) is 91.3 cm³/mol. The van der Waals surface area contributed by atoms with Crippen molar-refractivity contribution in [1.29, 1.82) is 0 Å². The van der Waals surface area contributed by atoms with Crippen molar-refractivity contribution in [1.82, 2.24) is 10.0 Å². The fourth-order valence-electron chi connectivity index (χ4n) is 1.61. The van der Waals surface area contributed by atoms with Gasteiger partial charge in [-0.25, -0.2) is 13.1 Å². The zero-order valence-electron chi connectivity index (χ0n) is 13.5. The summed E-state index contributed by atoms with van der Waals surface area (Å²) in [5, 5.41) is 3.60. The number of hydrogen-bond acceptors (Lipinski definition) is 5. The second-order valence-electron chi connectivity index (χ2n) is 4.91. The molecule has 132 valence electrons. The molecule has 0 spiro atoms. The molecule has 0 saturated heterocycles. The van der Waals surface area contributed by atoms with Gasteiger partial charge in [-0.3, -0.25) is 9.59 Å². The van der Waals surface area contributed by atoms with E-state index in [1.807, 2.05) is 13.0 Å². The maximum Gasteiger partial charge on any atom is 0.307 e. The van der Waals surface area contributed by atoms with Gasteiger partial charge in [-0.2, -0.15) is 0 Å². The second kappa shape index (κ2) is 10.6. The number of nitrogens with one attached hydrogen (secondary N) is 2. The summed E-state index contributed by atoms with van der Waals surface area (Å²) in [5.74, 6) is -1.02. The number of carbonyl (C=O) groups is 2. The fraction of sp³-hybridized carbons (Fsp3) is 0.375. The van der Waals surface area contributed by atoms with Crippen LogP contribution in [-0.2, 0) is 24.3 Å². The molecule has 0 aliphatic carbocycles. The van der Waals surface area contributed by atoms with Gasteiger partial charge in [-0.1, -0.05) is 37.3 Å². The van der Waals surface area contributed by atoms with E-state index in [0.717, 1.165) is 17.4 Å². The smallest absolute Gasteiger partial charge is 0.307 e. The van der Waals surface area contributed by atoms with Crippen LogP contribution in [0.1, 0.15) is 25.3 Å². The van der Waals surface area contributed by atoms with Gasteiger partial charge in [0.1, 0.15) is 0 Å². The van der Waals surface area contributed by atoms with Crippen LogP contribution < -0.4 is 10.0 Å². The second-order valence-corrected chi connectivity index (χ2v) is 6.56. The summed E-state index contributed by atoms with van der Waals surface area (Å²) in [4.78, 5) is 22.7. The third-order valence-corrected chi connectivity index (χ3v) is 3.91. The van der Waals surface area contributed by atoms with E-state index in [1.54, 1.807) is 24.3 Å². The molecular weight excluding hydrogens is 332 g/mol. The molecule has 0 unspecified atom stereocenters. The summed E-state index contributed by atoms with van der Waals surface area (Å²) in [5.41, 5.74) is 0.750. The van der Waals surface area contributed by atoms with Gasteiger partial charge in [-0.05, 0) is 18.1 Å². The number of amides is 1. The SMILES string of the molecule is CCCNC(=O)COC(=O)CCNS(=O)(=O)/C=C/c1ccccc1. The highest BCUT2D eigenvalue weighted by Crippen LogP contribution is 2.02. The molecule has 0 saturated carbocycles. The first-order chi connectivity index (χ1) is 11.4. The number of rotatable bonds is 10. The van der Waals surface area contributed by atoms with Crippen LogP contribution >= 0.6 is 0 Å². The topological polar surface area (TPSA) is 102 Å². The van der Waals surface area contributed by atoms with Crippen LogP contribution in [0.15, 0.2) is 35.7 Å². The van der Waals surface area contributed by atoms with Gasteiger partial charge in [-0.15, -0.1) is 0 Å². The lowest BCUT2D eigenvalue weighted by atomic mass is 10.2. The van der Waals surface area contributed by atoms with Crippen LogP contribution in [0.5, 0.6) is 0 Å². The third kappa shape index (κ3) is 9.06. The van der Waals surface area contributed by atoms with Crippen LogP contribution in [0.4, 0.5) is 0 Å². The largest absolute Gasteiger partial charge is 0.456 e. The molecule has 0 aromatic heterocycles. The van der Waals surface area contributed by atoms with Gasteiger partial charge < -0.3 is 10.1 Å². The van der Waals surface area contributed by atoms with Crippen molar-refractivity contribution in [3.05, 3.63) is 41.3 Å². The first-order valence-corrected chi connectivity index (χ1v) is 9.12. The summed E-state index contributed by atoms with van der Waals surface area (Å²) in [6, 6.07) is 8.97. The first kappa shape index (κ1) is 19.9. The average Bonchev–Trinajstić information content (AvgIpc) is 2.57. The number of carbonyl (C=O) groups excluding carboxylic acids is 2. The Labute approximate surface area is 142 Å². The van der Waals surface area contributed by atoms with Crippen molar-refractivity contribution in [2.75, 3.05) is 19.7 Å². The van der Waals surface area contributed by atoms with Gasteiger partial charge in [0.2, 0.25) is 10.0 Å². The molecule has 0 bridgehead atoms. The van der Waals surface area contributed by atoms with Crippen molar-refractivity contribution in [3.8, 4) is 0 Å². The van der Waals surface area contributed by atoms with Gasteiger partial charge in [0, 0.05) is 18.5 Å². The molecule has 7 nitrogen and oxygen atoms in total. The summed E-state index contributed by atoms with van der Waals surface area (Å²) in [6.45, 7) is 1.96. The van der Waals surface area contributed by atoms with Crippen molar-refractivity contribution in [3.63, 3.8) is 0 Å². The van der Waals surface area contributed by atoms with Crippen molar-refractivity contribution >= 4 is 28.0 Å². The molecule has 1 rings (SSSR count). The molecule has 1 aromatic carbocycles. The highest BCUT2D eigenvalue weighted by atomic mass is 32.2. The number of hydrogen-bond donors (Lipinski definition) is 2. The Bertz CT molecular complexity index is 656. The Morgan fingerprint density at radius 1 is 1.17 bits per heavy atom. The highest BCUT2D eigenvalue weighted by Gasteiger charge is 2.09. The molecule has 0 aliphatic heterocycles. The van der Waals surface area contributed by atoms with Crippen LogP contribution in [0, 0.1) is 0 Å². The van der Waals surface area contributed by atoms with Gasteiger partial charge >= 0.3 is 5.97 Å². The minimum atomic E-state index is -3.64. The monoisotopic (exact) mass is 354 g/mol. The van der Waals surface area contributed by atoms with E-state index in [9.17, 15) is 18.0 Å². The Morgan fingerprint density at radius 3 is 2.54 bits per heavy atom. The van der Waals surface area contributed by atoms with E-state index in [1.165, 1.54) is 6.08 Å². The highest BCUT2D eigenvalue weighted by molar-refractivity contribution is 7.92. The predicted octanol–water partition coefficient (Wildman–Crippen LogP) is 1.04. The number of esters is 1. The average molecular weight is 354 g/mol. The van der Waals surface area contributed by atoms with E-state index in [2.05, 4.69) is 10.0 Å². The maximum atomic E-state index is 11.8. The van der Waals surface area contributed by atoms with Crippen LogP contribution in [0.2, 0.25) is 0 Å². The normalized spacial score (nSPS) is 11.4. The maximum absolute atomic E-state index is 11.8. The fourth-order valence-corrected chi connectivity index (χ4v) is 2.43. The van der Waals surface area contributed by atoms with Crippen molar-refractivity contribution in [2.45, 2.75) is 19.8 Å². The lowest BCUT2D eigenvalue weighted by Gasteiger charge is -2.06. The van der Waals surface area contributed by atoms with Crippen LogP contribution in [0.3, 0.4) is 0 Å². The first-order valence-electron chi connectivity index (χ1n) is 7.58. The van der Waals surface area contributed by atoms with Gasteiger partial charge in [0.25, 0.3) is 5.91 Å². The van der Waals surface area contributed by atoms with Crippen molar-refractivity contribution < 1.29 is 22.7 Å². The Morgan fingerprint density at radius 2 is 1.88 bits per heavy atom. The van der Waals surface area contributed by atoms with Gasteiger partial charge in [0.05, 0.1) is 6.42 Å². The van der Waals surface area contributed by atoms with E-state index in [-0.39, 0.29) is 25.5 Å². The van der Waals surface area contributed by atoms with E-state index >= 15 is 0 Å². The number of ether oxygens (including phenoxy) is 1. The summed E-state index contributed by atoms with van der Waals surface area (Å²) >= 11 is 0. The molecule has 1 aromatic rings. The van der Waals surface area contributed by atoms with E-state index in [0.29, 0.717) is 6.54 Å². The molecule has 0 heterocycles. The molecule has 24 heavy (non-hydrogen) atoms. The van der Waals surface area contributed by atoms with Crippen LogP contribution in [0.25, 0.3) is 6.08 Å². The lowest BCUT2D eigenvalue weighted by Crippen LogP contribution is -2.30. The zero-order valence-corrected chi connectivity index (χ0v) is 14.3. The van der Waals surface area contributed by atoms with Gasteiger partial charge in [0.15, 0.2) is 6.61 Å². The Hall–Kier alpha value is -2.19. The number of benzene rings is 1. The molecule has 0 fully saturated rings. The van der Waals surface area contributed by atoms with Crippen molar-refractivity contribution in [2.24, 2.45) is 0 Å².